The Bertz CT molecular complexity index is 829. The van der Waals surface area contributed by atoms with E-state index in [1.807, 2.05) is 0 Å². The van der Waals surface area contributed by atoms with Crippen molar-refractivity contribution in [3.05, 3.63) is 53.1 Å². The Kier molecular flexibility index (Phi) is 6.65. The van der Waals surface area contributed by atoms with Gasteiger partial charge in [0.2, 0.25) is 0 Å². The Hall–Kier alpha value is -3.22. The van der Waals surface area contributed by atoms with Crippen molar-refractivity contribution in [1.82, 2.24) is 0 Å². The molecule has 0 amide bonds. The van der Waals surface area contributed by atoms with Gasteiger partial charge in [0, 0.05) is 17.0 Å². The van der Waals surface area contributed by atoms with E-state index in [2.05, 4.69) is 0 Å². The summed E-state index contributed by atoms with van der Waals surface area (Å²) >= 11 is 0. The Morgan fingerprint density at radius 3 is 2.22 bits per heavy atom. The van der Waals surface area contributed by atoms with Crippen LogP contribution in [0.1, 0.15) is 33.8 Å². The summed E-state index contributed by atoms with van der Waals surface area (Å²) in [7, 11) is 5.75. The Balaban J connectivity index is 2.78. The van der Waals surface area contributed by atoms with E-state index in [9.17, 15) is 14.7 Å². The lowest BCUT2D eigenvalue weighted by molar-refractivity contribution is -0.140. The molecular formula is C20H22O7. The summed E-state index contributed by atoms with van der Waals surface area (Å²) in [5.41, 5.74) is 0.992. The number of methoxy groups -OCH3 is 4. The van der Waals surface area contributed by atoms with E-state index in [-0.39, 0.29) is 12.0 Å². The quantitative estimate of drug-likeness (QED) is 0.710. The predicted octanol–water partition coefficient (Wildman–Crippen LogP) is 3.11. The van der Waals surface area contributed by atoms with Gasteiger partial charge in [-0.1, -0.05) is 6.07 Å². The molecule has 0 saturated heterocycles. The van der Waals surface area contributed by atoms with Crippen LogP contribution in [0.4, 0.5) is 0 Å². The molecule has 7 nitrogen and oxygen atoms in total. The number of hydrogen-bond donors (Lipinski definition) is 1. The van der Waals surface area contributed by atoms with Crippen LogP contribution < -0.4 is 14.2 Å². The molecule has 0 bridgehead atoms. The molecule has 1 N–H and O–H groups in total. The normalized spacial score (nSPS) is 11.4. The van der Waals surface area contributed by atoms with E-state index < -0.39 is 17.9 Å². The van der Waals surface area contributed by atoms with Crippen molar-refractivity contribution in [2.45, 2.75) is 12.3 Å². The van der Waals surface area contributed by atoms with Gasteiger partial charge in [0.15, 0.2) is 0 Å². The molecule has 0 radical (unpaired) electrons. The molecule has 0 fully saturated rings. The van der Waals surface area contributed by atoms with Crippen LogP contribution in [-0.4, -0.2) is 45.5 Å². The van der Waals surface area contributed by atoms with Crippen molar-refractivity contribution in [1.29, 1.82) is 0 Å². The van der Waals surface area contributed by atoms with Gasteiger partial charge >= 0.3 is 11.9 Å². The highest BCUT2D eigenvalue weighted by atomic mass is 16.5. The maximum Gasteiger partial charge on any atom is 0.336 e. The Labute approximate surface area is 157 Å². The summed E-state index contributed by atoms with van der Waals surface area (Å²) in [4.78, 5) is 24.0. The van der Waals surface area contributed by atoms with E-state index in [1.54, 1.807) is 30.3 Å². The van der Waals surface area contributed by atoms with Crippen LogP contribution in [0.5, 0.6) is 17.2 Å². The minimum Gasteiger partial charge on any atom is -0.497 e. The number of benzene rings is 2. The average molecular weight is 374 g/mol. The van der Waals surface area contributed by atoms with Crippen LogP contribution in [0.25, 0.3) is 0 Å². The Morgan fingerprint density at radius 2 is 1.67 bits per heavy atom. The fourth-order valence-corrected chi connectivity index (χ4v) is 3.00. The van der Waals surface area contributed by atoms with Gasteiger partial charge in [-0.25, -0.2) is 4.79 Å². The Morgan fingerprint density at radius 1 is 0.963 bits per heavy atom. The topological polar surface area (TPSA) is 91.3 Å². The third-order valence-electron chi connectivity index (χ3n) is 4.28. The molecule has 0 aromatic heterocycles. The average Bonchev–Trinajstić information content (AvgIpc) is 2.70. The van der Waals surface area contributed by atoms with Crippen LogP contribution in [0.3, 0.4) is 0 Å². The summed E-state index contributed by atoms with van der Waals surface area (Å²) in [6.07, 6.45) is -0.0965. The van der Waals surface area contributed by atoms with E-state index in [1.165, 1.54) is 34.5 Å². The molecule has 0 aliphatic heterocycles. The van der Waals surface area contributed by atoms with Gasteiger partial charge in [0.1, 0.15) is 17.2 Å². The molecule has 1 unspecified atom stereocenters. The lowest BCUT2D eigenvalue weighted by atomic mass is 9.84. The van der Waals surface area contributed by atoms with Gasteiger partial charge in [-0.2, -0.15) is 0 Å². The lowest BCUT2D eigenvalue weighted by Crippen LogP contribution is -2.16. The zero-order chi connectivity index (χ0) is 20.0. The van der Waals surface area contributed by atoms with E-state index >= 15 is 0 Å². The molecule has 0 aliphatic rings. The fourth-order valence-electron chi connectivity index (χ4n) is 3.00. The van der Waals surface area contributed by atoms with Gasteiger partial charge in [-0.3, -0.25) is 4.79 Å². The highest BCUT2D eigenvalue weighted by Crippen LogP contribution is 2.42. The van der Waals surface area contributed by atoms with Crippen LogP contribution in [0, 0.1) is 0 Å². The first-order chi connectivity index (χ1) is 13.0. The number of rotatable bonds is 8. The van der Waals surface area contributed by atoms with Crippen LogP contribution in [0.2, 0.25) is 0 Å². The minimum atomic E-state index is -1.12. The SMILES string of the molecule is COC(=O)CC(c1cc(OC)ccc1OC)c1c(OC)cccc1C(=O)O. The summed E-state index contributed by atoms with van der Waals surface area (Å²) in [6, 6.07) is 9.84. The maximum absolute atomic E-state index is 12.1. The minimum absolute atomic E-state index is 0.0353. The first kappa shape index (κ1) is 20.1. The summed E-state index contributed by atoms with van der Waals surface area (Å²) in [5, 5.41) is 9.67. The van der Waals surface area contributed by atoms with Gasteiger partial charge in [-0.15, -0.1) is 0 Å². The first-order valence-corrected chi connectivity index (χ1v) is 8.15. The number of carboxylic acids is 1. The molecular weight excluding hydrogens is 352 g/mol. The standard InChI is InChI=1S/C20H22O7/c1-24-12-8-9-16(25-2)14(10-12)15(11-18(21)27-4)19-13(20(22)23)6-5-7-17(19)26-3/h5-10,15H,11H2,1-4H3,(H,22,23). The molecule has 0 heterocycles. The molecule has 2 aromatic rings. The first-order valence-electron chi connectivity index (χ1n) is 8.15. The second-order valence-electron chi connectivity index (χ2n) is 5.67. The number of aromatic carboxylic acids is 1. The molecule has 2 aromatic carbocycles. The molecule has 1 atom stereocenters. The van der Waals surface area contributed by atoms with Gasteiger partial charge in [0.05, 0.1) is 40.4 Å². The molecule has 0 spiro atoms. The van der Waals surface area contributed by atoms with Crippen LogP contribution in [0.15, 0.2) is 36.4 Å². The largest absolute Gasteiger partial charge is 0.497 e. The van der Waals surface area contributed by atoms with Crippen molar-refractivity contribution in [3.8, 4) is 17.2 Å². The van der Waals surface area contributed by atoms with E-state index in [0.29, 0.717) is 28.4 Å². The van der Waals surface area contributed by atoms with Gasteiger partial charge in [-0.05, 0) is 30.3 Å². The monoisotopic (exact) mass is 374 g/mol. The number of hydrogen-bond acceptors (Lipinski definition) is 6. The maximum atomic E-state index is 12.1. The van der Waals surface area contributed by atoms with Crippen molar-refractivity contribution in [2.24, 2.45) is 0 Å². The molecule has 2 rings (SSSR count). The lowest BCUT2D eigenvalue weighted by Gasteiger charge is -2.23. The second kappa shape index (κ2) is 8.93. The molecule has 144 valence electrons. The zero-order valence-electron chi connectivity index (χ0n) is 15.6. The molecule has 0 saturated carbocycles. The number of esters is 1. The second-order valence-corrected chi connectivity index (χ2v) is 5.67. The zero-order valence-corrected chi connectivity index (χ0v) is 15.6. The van der Waals surface area contributed by atoms with Gasteiger partial charge in [0.25, 0.3) is 0 Å². The number of ether oxygens (including phenoxy) is 4. The van der Waals surface area contributed by atoms with Crippen LogP contribution in [-0.2, 0) is 9.53 Å². The third-order valence-corrected chi connectivity index (χ3v) is 4.28. The fraction of sp³-hybridized carbons (Fsp3) is 0.300. The predicted molar refractivity (Wildman–Crippen MR) is 98.0 cm³/mol. The molecule has 27 heavy (non-hydrogen) atoms. The smallest absolute Gasteiger partial charge is 0.336 e. The van der Waals surface area contributed by atoms with Gasteiger partial charge < -0.3 is 24.1 Å². The number of carbonyl (C=O) groups excluding carboxylic acids is 1. The molecule has 7 heteroatoms. The van der Waals surface area contributed by atoms with Crippen molar-refractivity contribution in [3.63, 3.8) is 0 Å². The van der Waals surface area contributed by atoms with E-state index in [0.717, 1.165) is 0 Å². The summed E-state index contributed by atoms with van der Waals surface area (Å²) in [6.45, 7) is 0. The van der Waals surface area contributed by atoms with E-state index in [4.69, 9.17) is 18.9 Å². The van der Waals surface area contributed by atoms with Crippen molar-refractivity contribution in [2.75, 3.05) is 28.4 Å². The highest BCUT2D eigenvalue weighted by molar-refractivity contribution is 5.91. The van der Waals surface area contributed by atoms with Crippen molar-refractivity contribution < 1.29 is 33.6 Å². The molecule has 0 aliphatic carbocycles. The number of carboxylic acid groups (broad SMARTS) is 1. The number of carbonyl (C=O) groups is 2. The summed E-state index contributed by atoms with van der Waals surface area (Å²) in [5.74, 6) is -0.898. The summed E-state index contributed by atoms with van der Waals surface area (Å²) < 4.78 is 21.0. The third kappa shape index (κ3) is 4.31. The van der Waals surface area contributed by atoms with Crippen molar-refractivity contribution >= 4 is 11.9 Å². The highest BCUT2D eigenvalue weighted by Gasteiger charge is 2.29. The van der Waals surface area contributed by atoms with Crippen LogP contribution >= 0.6 is 0 Å².